The zero-order valence-electron chi connectivity index (χ0n) is 13.2. The molecule has 0 bridgehead atoms. The number of carbonyl (C=O) groups excluding carboxylic acids is 1. The van der Waals surface area contributed by atoms with Crippen LogP contribution in [0.25, 0.3) is 5.57 Å². The molecule has 0 amide bonds. The second-order valence-electron chi connectivity index (χ2n) is 4.89. The first kappa shape index (κ1) is 18.2. The first-order valence-corrected chi connectivity index (χ1v) is 8.23. The Labute approximate surface area is 151 Å². The summed E-state index contributed by atoms with van der Waals surface area (Å²) in [4.78, 5) is 15.4. The molecule has 0 aromatic heterocycles. The van der Waals surface area contributed by atoms with E-state index in [9.17, 15) is 4.79 Å². The number of allylic oxidation sites excluding steroid dienone is 1. The average Bonchev–Trinajstić information content (AvgIpc) is 2.57. The number of hydrogen-bond donors (Lipinski definition) is 0. The summed E-state index contributed by atoms with van der Waals surface area (Å²) in [7, 11) is 0. The number of rotatable bonds is 6. The van der Waals surface area contributed by atoms with E-state index in [2.05, 4.69) is 4.99 Å². The highest BCUT2D eigenvalue weighted by molar-refractivity contribution is 6.31. The third-order valence-corrected chi connectivity index (χ3v) is 3.69. The molecular formula is C19H17Cl2NO2. The molecule has 0 saturated heterocycles. The Morgan fingerprint density at radius 3 is 1.96 bits per heavy atom. The van der Waals surface area contributed by atoms with E-state index in [1.807, 2.05) is 54.6 Å². The summed E-state index contributed by atoms with van der Waals surface area (Å²) in [5, 5.41) is 1.34. The van der Waals surface area contributed by atoms with Crippen LogP contribution in [0.4, 0.5) is 0 Å². The van der Waals surface area contributed by atoms with Crippen molar-refractivity contribution in [1.29, 1.82) is 0 Å². The smallest absolute Gasteiger partial charge is 0.327 e. The van der Waals surface area contributed by atoms with Crippen LogP contribution in [0, 0.1) is 0 Å². The molecule has 5 heteroatoms. The number of hydrogen-bond acceptors (Lipinski definition) is 3. The van der Waals surface area contributed by atoms with Crippen molar-refractivity contribution in [2.24, 2.45) is 4.99 Å². The monoisotopic (exact) mass is 361 g/mol. The summed E-state index contributed by atoms with van der Waals surface area (Å²) < 4.78 is 4.84. The van der Waals surface area contributed by atoms with Crippen molar-refractivity contribution >= 4 is 41.0 Å². The van der Waals surface area contributed by atoms with Crippen molar-refractivity contribution in [1.82, 2.24) is 0 Å². The van der Waals surface area contributed by atoms with Gasteiger partial charge in [-0.3, -0.25) is 9.79 Å². The lowest BCUT2D eigenvalue weighted by atomic mass is 9.98. The van der Waals surface area contributed by atoms with E-state index in [-0.39, 0.29) is 12.5 Å². The number of aliphatic imine (C=N–C) groups is 1. The molecule has 0 radical (unpaired) electrons. The SMILES string of the molecule is CCOC(=O)CN=CC=C(c1ccc(Cl)cc1)c1ccc(Cl)cc1. The Hall–Kier alpha value is -2.10. The van der Waals surface area contributed by atoms with Gasteiger partial charge >= 0.3 is 5.97 Å². The quantitative estimate of drug-likeness (QED) is 0.532. The molecule has 0 atom stereocenters. The zero-order chi connectivity index (χ0) is 17.4. The van der Waals surface area contributed by atoms with E-state index >= 15 is 0 Å². The fourth-order valence-electron chi connectivity index (χ4n) is 2.08. The van der Waals surface area contributed by atoms with Crippen LogP contribution in [0.1, 0.15) is 18.1 Å². The highest BCUT2D eigenvalue weighted by atomic mass is 35.5. The van der Waals surface area contributed by atoms with Crippen LogP contribution in [0.15, 0.2) is 59.6 Å². The van der Waals surface area contributed by atoms with E-state index in [4.69, 9.17) is 27.9 Å². The molecule has 0 aliphatic rings. The van der Waals surface area contributed by atoms with Crippen molar-refractivity contribution in [3.05, 3.63) is 75.8 Å². The van der Waals surface area contributed by atoms with Gasteiger partial charge in [-0.25, -0.2) is 0 Å². The number of halogens is 2. The number of esters is 1. The summed E-state index contributed by atoms with van der Waals surface area (Å²) in [6, 6.07) is 15.0. The van der Waals surface area contributed by atoms with Crippen LogP contribution in [-0.2, 0) is 9.53 Å². The van der Waals surface area contributed by atoms with Gasteiger partial charge in [0, 0.05) is 16.3 Å². The molecule has 0 unspecified atom stereocenters. The van der Waals surface area contributed by atoms with Crippen molar-refractivity contribution in [3.63, 3.8) is 0 Å². The van der Waals surface area contributed by atoms with E-state index in [1.54, 1.807) is 13.1 Å². The van der Waals surface area contributed by atoms with Crippen LogP contribution >= 0.6 is 23.2 Å². The molecule has 3 nitrogen and oxygen atoms in total. The molecule has 0 heterocycles. The number of nitrogens with zero attached hydrogens (tertiary/aromatic N) is 1. The van der Waals surface area contributed by atoms with E-state index < -0.39 is 0 Å². The molecule has 2 rings (SSSR count). The summed E-state index contributed by atoms with van der Waals surface area (Å²) in [6.45, 7) is 2.12. The van der Waals surface area contributed by atoms with Gasteiger partial charge in [-0.15, -0.1) is 0 Å². The summed E-state index contributed by atoms with van der Waals surface area (Å²) >= 11 is 11.9. The van der Waals surface area contributed by atoms with Gasteiger partial charge < -0.3 is 4.74 Å². The number of carbonyl (C=O) groups is 1. The minimum absolute atomic E-state index is 0.00114. The van der Waals surface area contributed by atoms with E-state index in [0.717, 1.165) is 16.7 Å². The topological polar surface area (TPSA) is 38.7 Å². The van der Waals surface area contributed by atoms with Gasteiger partial charge in [-0.1, -0.05) is 47.5 Å². The molecular weight excluding hydrogens is 345 g/mol. The maximum absolute atomic E-state index is 11.3. The molecule has 0 aliphatic heterocycles. The Bertz CT molecular complexity index is 687. The van der Waals surface area contributed by atoms with E-state index in [1.165, 1.54) is 0 Å². The van der Waals surface area contributed by atoms with Crippen molar-refractivity contribution in [3.8, 4) is 0 Å². The minimum Gasteiger partial charge on any atom is -0.465 e. The fraction of sp³-hybridized carbons (Fsp3) is 0.158. The third kappa shape index (κ3) is 5.52. The molecule has 2 aromatic carbocycles. The van der Waals surface area contributed by atoms with Crippen LogP contribution in [0.3, 0.4) is 0 Å². The highest BCUT2D eigenvalue weighted by Crippen LogP contribution is 2.25. The lowest BCUT2D eigenvalue weighted by Crippen LogP contribution is -2.07. The van der Waals surface area contributed by atoms with Gasteiger partial charge in [-0.2, -0.15) is 0 Å². The Balaban J connectivity index is 2.27. The maximum Gasteiger partial charge on any atom is 0.327 e. The van der Waals surface area contributed by atoms with Crippen LogP contribution < -0.4 is 0 Å². The van der Waals surface area contributed by atoms with Gasteiger partial charge in [0.2, 0.25) is 0 Å². The molecule has 0 saturated carbocycles. The average molecular weight is 362 g/mol. The predicted octanol–water partition coefficient (Wildman–Crippen LogP) is 5.06. The second kappa shape index (κ2) is 9.26. The first-order chi connectivity index (χ1) is 11.6. The highest BCUT2D eigenvalue weighted by Gasteiger charge is 2.05. The molecule has 0 fully saturated rings. The molecule has 0 aliphatic carbocycles. The van der Waals surface area contributed by atoms with Gasteiger partial charge in [-0.05, 0) is 54.0 Å². The molecule has 2 aromatic rings. The fourth-order valence-corrected chi connectivity index (χ4v) is 2.33. The Morgan fingerprint density at radius 1 is 1.00 bits per heavy atom. The van der Waals surface area contributed by atoms with Gasteiger partial charge in [0.25, 0.3) is 0 Å². The van der Waals surface area contributed by atoms with Gasteiger partial charge in [0.05, 0.1) is 6.61 Å². The van der Waals surface area contributed by atoms with E-state index in [0.29, 0.717) is 16.7 Å². The largest absolute Gasteiger partial charge is 0.465 e. The predicted molar refractivity (Wildman–Crippen MR) is 100.0 cm³/mol. The Kier molecular flexibility index (Phi) is 7.04. The molecule has 0 spiro atoms. The number of benzene rings is 2. The lowest BCUT2D eigenvalue weighted by molar-refractivity contribution is -0.141. The van der Waals surface area contributed by atoms with Gasteiger partial charge in [0.15, 0.2) is 0 Å². The zero-order valence-corrected chi connectivity index (χ0v) is 14.7. The summed E-state index contributed by atoms with van der Waals surface area (Å²) in [5.41, 5.74) is 2.93. The van der Waals surface area contributed by atoms with Crippen molar-refractivity contribution in [2.75, 3.05) is 13.2 Å². The summed E-state index contributed by atoms with van der Waals surface area (Å²) in [6.07, 6.45) is 3.46. The van der Waals surface area contributed by atoms with Gasteiger partial charge in [0.1, 0.15) is 6.54 Å². The molecule has 24 heavy (non-hydrogen) atoms. The maximum atomic E-state index is 11.3. The summed E-state index contributed by atoms with van der Waals surface area (Å²) in [5.74, 6) is -0.346. The van der Waals surface area contributed by atoms with Crippen LogP contribution in [0.5, 0.6) is 0 Å². The lowest BCUT2D eigenvalue weighted by Gasteiger charge is -2.08. The van der Waals surface area contributed by atoms with Crippen molar-refractivity contribution in [2.45, 2.75) is 6.92 Å². The molecule has 124 valence electrons. The van der Waals surface area contributed by atoms with Crippen LogP contribution in [-0.4, -0.2) is 25.3 Å². The van der Waals surface area contributed by atoms with Crippen molar-refractivity contribution < 1.29 is 9.53 Å². The minimum atomic E-state index is -0.346. The third-order valence-electron chi connectivity index (χ3n) is 3.18. The standard InChI is InChI=1S/C19H17Cl2NO2/c1-2-24-19(23)13-22-12-11-18(14-3-7-16(20)8-4-14)15-5-9-17(21)10-6-15/h3-12H,2,13H2,1H3. The van der Waals surface area contributed by atoms with Crippen LogP contribution in [0.2, 0.25) is 10.0 Å². The number of ether oxygens (including phenoxy) is 1. The molecule has 0 N–H and O–H groups in total. The normalized spacial score (nSPS) is 10.6. The Morgan fingerprint density at radius 2 is 1.50 bits per heavy atom. The second-order valence-corrected chi connectivity index (χ2v) is 5.76. The first-order valence-electron chi connectivity index (χ1n) is 7.47.